The number of amidine groups is 1. The molecule has 4 heteroatoms. The number of thioether (sulfide) groups is 1. The van der Waals surface area contributed by atoms with E-state index in [1.54, 1.807) is 0 Å². The molecule has 1 aromatic heterocycles. The van der Waals surface area contributed by atoms with Gasteiger partial charge < -0.3 is 5.32 Å². The van der Waals surface area contributed by atoms with Crippen molar-refractivity contribution in [1.29, 1.82) is 0 Å². The summed E-state index contributed by atoms with van der Waals surface area (Å²) in [5.41, 5.74) is 0.388. The Morgan fingerprint density at radius 2 is 2.25 bits per heavy atom. The fourth-order valence-corrected chi connectivity index (χ4v) is 4.72. The number of hydrogen-bond acceptors (Lipinski definition) is 4. The van der Waals surface area contributed by atoms with E-state index in [9.17, 15) is 0 Å². The number of nitrogens with zero attached hydrogens (tertiary/aromatic N) is 1. The SMILES string of the molecule is CCCC(NC1=NCC(CC(C)(C)C)S1)c1cccs1. The number of aliphatic imine (C=N–C) groups is 1. The van der Waals surface area contributed by atoms with Crippen LogP contribution in [-0.2, 0) is 0 Å². The van der Waals surface area contributed by atoms with Crippen LogP contribution in [-0.4, -0.2) is 17.0 Å². The monoisotopic (exact) mass is 310 g/mol. The summed E-state index contributed by atoms with van der Waals surface area (Å²) in [6.07, 6.45) is 3.59. The maximum Gasteiger partial charge on any atom is 0.157 e. The van der Waals surface area contributed by atoms with E-state index in [0.717, 1.165) is 11.7 Å². The lowest BCUT2D eigenvalue weighted by atomic mass is 9.90. The van der Waals surface area contributed by atoms with E-state index < -0.39 is 0 Å². The zero-order valence-corrected chi connectivity index (χ0v) is 14.6. The number of rotatable bonds is 5. The van der Waals surface area contributed by atoms with Gasteiger partial charge in [-0.25, -0.2) is 0 Å². The predicted molar refractivity (Wildman–Crippen MR) is 92.9 cm³/mol. The van der Waals surface area contributed by atoms with Gasteiger partial charge >= 0.3 is 0 Å². The minimum Gasteiger partial charge on any atom is -0.357 e. The van der Waals surface area contributed by atoms with E-state index in [0.29, 0.717) is 16.7 Å². The summed E-state index contributed by atoms with van der Waals surface area (Å²) in [5.74, 6) is 0. The first-order valence-corrected chi connectivity index (χ1v) is 9.25. The van der Waals surface area contributed by atoms with E-state index in [-0.39, 0.29) is 0 Å². The summed E-state index contributed by atoms with van der Waals surface area (Å²) in [6.45, 7) is 10.1. The van der Waals surface area contributed by atoms with Gasteiger partial charge in [0.15, 0.2) is 5.17 Å². The Morgan fingerprint density at radius 1 is 1.45 bits per heavy atom. The van der Waals surface area contributed by atoms with Crippen molar-refractivity contribution in [2.75, 3.05) is 6.54 Å². The van der Waals surface area contributed by atoms with Crippen molar-refractivity contribution >= 4 is 28.3 Å². The maximum absolute atomic E-state index is 4.71. The first-order chi connectivity index (χ1) is 9.48. The molecule has 2 nitrogen and oxygen atoms in total. The van der Waals surface area contributed by atoms with E-state index in [2.05, 4.69) is 50.5 Å². The van der Waals surface area contributed by atoms with Crippen molar-refractivity contribution in [3.05, 3.63) is 22.4 Å². The van der Waals surface area contributed by atoms with E-state index in [1.165, 1.54) is 24.1 Å². The molecule has 20 heavy (non-hydrogen) atoms. The second-order valence-corrected chi connectivity index (χ2v) is 8.92. The van der Waals surface area contributed by atoms with Crippen LogP contribution < -0.4 is 5.32 Å². The predicted octanol–water partition coefficient (Wildman–Crippen LogP) is 5.09. The Morgan fingerprint density at radius 3 is 2.85 bits per heavy atom. The van der Waals surface area contributed by atoms with Crippen molar-refractivity contribution in [2.24, 2.45) is 10.4 Å². The quantitative estimate of drug-likeness (QED) is 0.819. The molecule has 1 aliphatic heterocycles. The average molecular weight is 311 g/mol. The van der Waals surface area contributed by atoms with E-state index in [4.69, 9.17) is 4.99 Å². The molecule has 0 bridgehead atoms. The molecular formula is C16H26N2S2. The minimum atomic E-state index is 0.388. The van der Waals surface area contributed by atoms with Crippen LogP contribution in [0.1, 0.15) is 57.9 Å². The Hall–Kier alpha value is -0.480. The van der Waals surface area contributed by atoms with Gasteiger partial charge in [0.1, 0.15) is 0 Å². The molecule has 0 aliphatic carbocycles. The van der Waals surface area contributed by atoms with Gasteiger partial charge in [-0.15, -0.1) is 11.3 Å². The second kappa shape index (κ2) is 6.99. The van der Waals surface area contributed by atoms with Gasteiger partial charge in [-0.3, -0.25) is 4.99 Å². The molecule has 1 aromatic rings. The van der Waals surface area contributed by atoms with Gasteiger partial charge in [0.2, 0.25) is 0 Å². The minimum absolute atomic E-state index is 0.388. The molecule has 1 aliphatic rings. The molecule has 0 aromatic carbocycles. The largest absolute Gasteiger partial charge is 0.357 e. The zero-order valence-electron chi connectivity index (χ0n) is 13.0. The number of nitrogens with one attached hydrogen (secondary N) is 1. The summed E-state index contributed by atoms with van der Waals surface area (Å²) < 4.78 is 0. The first-order valence-electron chi connectivity index (χ1n) is 7.49. The van der Waals surface area contributed by atoms with Crippen LogP contribution in [0.25, 0.3) is 0 Å². The molecule has 0 fully saturated rings. The van der Waals surface area contributed by atoms with Crippen LogP contribution in [0, 0.1) is 5.41 Å². The maximum atomic E-state index is 4.71. The van der Waals surface area contributed by atoms with Crippen LogP contribution in [0.4, 0.5) is 0 Å². The fraction of sp³-hybridized carbons (Fsp3) is 0.688. The Kier molecular flexibility index (Phi) is 5.56. The summed E-state index contributed by atoms with van der Waals surface area (Å²) in [7, 11) is 0. The summed E-state index contributed by atoms with van der Waals surface area (Å²) >= 11 is 3.77. The Labute approximate surface area is 131 Å². The van der Waals surface area contributed by atoms with Crippen LogP contribution in [0.3, 0.4) is 0 Å². The molecular weight excluding hydrogens is 284 g/mol. The Bertz CT molecular complexity index is 432. The third-order valence-electron chi connectivity index (χ3n) is 3.32. The molecule has 112 valence electrons. The lowest BCUT2D eigenvalue weighted by Crippen LogP contribution is -2.25. The van der Waals surface area contributed by atoms with Gasteiger partial charge in [-0.2, -0.15) is 0 Å². The molecule has 0 radical (unpaired) electrons. The van der Waals surface area contributed by atoms with Gasteiger partial charge in [0.05, 0.1) is 12.6 Å². The smallest absolute Gasteiger partial charge is 0.157 e. The zero-order chi connectivity index (χ0) is 14.6. The van der Waals surface area contributed by atoms with Gasteiger partial charge in [-0.1, -0.05) is 51.9 Å². The third-order valence-corrected chi connectivity index (χ3v) is 5.42. The normalized spacial score (nSPS) is 20.8. The molecule has 0 saturated carbocycles. The van der Waals surface area contributed by atoms with Gasteiger partial charge in [0, 0.05) is 10.1 Å². The van der Waals surface area contributed by atoms with Crippen molar-refractivity contribution < 1.29 is 0 Å². The average Bonchev–Trinajstić information content (AvgIpc) is 2.97. The summed E-state index contributed by atoms with van der Waals surface area (Å²) in [5, 5.41) is 7.60. The Balaban J connectivity index is 1.89. The topological polar surface area (TPSA) is 24.4 Å². The van der Waals surface area contributed by atoms with Crippen molar-refractivity contribution in [1.82, 2.24) is 5.32 Å². The molecule has 0 saturated heterocycles. The molecule has 1 N–H and O–H groups in total. The first kappa shape index (κ1) is 15.9. The molecule has 2 unspecified atom stereocenters. The lowest BCUT2D eigenvalue weighted by Gasteiger charge is -2.22. The molecule has 2 rings (SSSR count). The molecule has 2 heterocycles. The highest BCUT2D eigenvalue weighted by atomic mass is 32.2. The fourth-order valence-electron chi connectivity index (χ4n) is 2.50. The third kappa shape index (κ3) is 4.81. The van der Waals surface area contributed by atoms with E-state index in [1.807, 2.05) is 23.1 Å². The summed E-state index contributed by atoms with van der Waals surface area (Å²) in [6, 6.07) is 4.79. The van der Waals surface area contributed by atoms with Crippen LogP contribution in [0.15, 0.2) is 22.5 Å². The highest BCUT2D eigenvalue weighted by Crippen LogP contribution is 2.33. The van der Waals surface area contributed by atoms with Crippen molar-refractivity contribution in [2.45, 2.75) is 58.2 Å². The van der Waals surface area contributed by atoms with Crippen molar-refractivity contribution in [3.63, 3.8) is 0 Å². The van der Waals surface area contributed by atoms with Gasteiger partial charge in [-0.05, 0) is 29.7 Å². The van der Waals surface area contributed by atoms with Crippen LogP contribution in [0.2, 0.25) is 0 Å². The highest BCUT2D eigenvalue weighted by Gasteiger charge is 2.26. The highest BCUT2D eigenvalue weighted by molar-refractivity contribution is 8.14. The second-order valence-electron chi connectivity index (χ2n) is 6.65. The van der Waals surface area contributed by atoms with Gasteiger partial charge in [0.25, 0.3) is 0 Å². The number of thiophene rings is 1. The van der Waals surface area contributed by atoms with Crippen molar-refractivity contribution in [3.8, 4) is 0 Å². The lowest BCUT2D eigenvalue weighted by molar-refractivity contribution is 0.375. The molecule has 0 amide bonds. The summed E-state index contributed by atoms with van der Waals surface area (Å²) in [4.78, 5) is 6.13. The molecule has 0 spiro atoms. The van der Waals surface area contributed by atoms with E-state index >= 15 is 0 Å². The van der Waals surface area contributed by atoms with Crippen LogP contribution >= 0.6 is 23.1 Å². The molecule has 2 atom stereocenters. The van der Waals surface area contributed by atoms with Crippen LogP contribution in [0.5, 0.6) is 0 Å². The number of hydrogen-bond donors (Lipinski definition) is 1. The standard InChI is InChI=1S/C16H26N2S2/c1-5-7-13(14-8-6-9-19-14)18-15-17-11-12(20-15)10-16(2,3)4/h6,8-9,12-13H,5,7,10-11H2,1-4H3,(H,17,18).